The molecule has 0 saturated heterocycles. The first-order valence-corrected chi connectivity index (χ1v) is 7.59. The summed E-state index contributed by atoms with van der Waals surface area (Å²) < 4.78 is 25.7. The number of sulfonamides is 1. The summed E-state index contributed by atoms with van der Waals surface area (Å²) in [4.78, 5) is 0. The quantitative estimate of drug-likeness (QED) is 0.757. The lowest BCUT2D eigenvalue weighted by Gasteiger charge is -2.23. The van der Waals surface area contributed by atoms with Crippen molar-refractivity contribution in [2.24, 2.45) is 5.41 Å². The zero-order valence-electron chi connectivity index (χ0n) is 8.72. The first-order chi connectivity index (χ1) is 6.37. The molecule has 0 aliphatic heterocycles. The van der Waals surface area contributed by atoms with Gasteiger partial charge in [-0.25, -0.2) is 13.1 Å². The van der Waals surface area contributed by atoms with Crippen LogP contribution in [0.5, 0.6) is 0 Å². The summed E-state index contributed by atoms with van der Waals surface area (Å²) in [7, 11) is -3.00. The lowest BCUT2D eigenvalue weighted by molar-refractivity contribution is 0.354. The minimum atomic E-state index is -3.00. The van der Waals surface area contributed by atoms with Gasteiger partial charge in [0.1, 0.15) is 0 Å². The summed E-state index contributed by atoms with van der Waals surface area (Å²) in [5.74, 6) is 0. The van der Waals surface area contributed by atoms with Crippen LogP contribution in [0, 0.1) is 5.41 Å². The fourth-order valence-corrected chi connectivity index (χ4v) is 3.79. The number of halogens is 1. The van der Waals surface area contributed by atoms with Gasteiger partial charge in [-0.05, 0) is 24.7 Å². The third kappa shape index (κ3) is 3.87. The van der Waals surface area contributed by atoms with Gasteiger partial charge in [-0.1, -0.05) is 29.8 Å². The van der Waals surface area contributed by atoms with E-state index in [1.807, 2.05) is 0 Å². The van der Waals surface area contributed by atoms with Crippen LogP contribution in [0.3, 0.4) is 0 Å². The van der Waals surface area contributed by atoms with Gasteiger partial charge in [0.15, 0.2) is 0 Å². The lowest BCUT2D eigenvalue weighted by atomic mass is 9.91. The molecule has 0 aromatic heterocycles. The predicted octanol–water partition coefficient (Wildman–Crippen LogP) is 1.88. The zero-order valence-corrected chi connectivity index (χ0v) is 11.1. The van der Waals surface area contributed by atoms with Crippen LogP contribution < -0.4 is 4.72 Å². The van der Waals surface area contributed by atoms with Gasteiger partial charge in [0.05, 0.1) is 5.25 Å². The van der Waals surface area contributed by atoms with E-state index in [-0.39, 0.29) is 10.7 Å². The first-order valence-electron chi connectivity index (χ1n) is 4.92. The Morgan fingerprint density at radius 3 is 2.43 bits per heavy atom. The highest BCUT2D eigenvalue weighted by Gasteiger charge is 2.36. The molecule has 0 radical (unpaired) electrons. The molecule has 3 nitrogen and oxygen atoms in total. The van der Waals surface area contributed by atoms with Crippen LogP contribution in [0.2, 0.25) is 0 Å². The Morgan fingerprint density at radius 2 is 2.00 bits per heavy atom. The van der Waals surface area contributed by atoms with Crippen LogP contribution in [-0.4, -0.2) is 25.5 Å². The Balaban J connectivity index is 2.39. The van der Waals surface area contributed by atoms with Crippen molar-refractivity contribution in [2.75, 3.05) is 11.9 Å². The van der Waals surface area contributed by atoms with E-state index >= 15 is 0 Å². The molecular formula is C9H18BrNO2S. The summed E-state index contributed by atoms with van der Waals surface area (Å²) in [6.45, 7) is 4.69. The van der Waals surface area contributed by atoms with Crippen molar-refractivity contribution in [1.29, 1.82) is 0 Å². The van der Waals surface area contributed by atoms with Gasteiger partial charge in [0.25, 0.3) is 0 Å². The van der Waals surface area contributed by atoms with Crippen LogP contribution >= 0.6 is 15.9 Å². The molecular weight excluding hydrogens is 266 g/mol. The number of rotatable bonds is 6. The fourth-order valence-electron chi connectivity index (χ4n) is 1.14. The molecule has 0 bridgehead atoms. The molecule has 1 fully saturated rings. The zero-order chi connectivity index (χ0) is 10.8. The Hall–Kier alpha value is 0.390. The summed E-state index contributed by atoms with van der Waals surface area (Å²) >= 11 is 3.37. The highest BCUT2D eigenvalue weighted by molar-refractivity contribution is 9.09. The minimum absolute atomic E-state index is 0.0332. The molecule has 0 amide bonds. The largest absolute Gasteiger partial charge is 0.214 e. The number of alkyl halides is 1. The number of hydrogen-bond donors (Lipinski definition) is 1. The average molecular weight is 284 g/mol. The third-order valence-electron chi connectivity index (χ3n) is 2.49. The molecule has 1 rings (SSSR count). The number of nitrogens with one attached hydrogen (secondary N) is 1. The first kappa shape index (κ1) is 12.5. The molecule has 1 saturated carbocycles. The Labute approximate surface area is 94.8 Å². The van der Waals surface area contributed by atoms with Crippen LogP contribution in [0.15, 0.2) is 0 Å². The number of hydrogen-bond acceptors (Lipinski definition) is 2. The third-order valence-corrected chi connectivity index (χ3v) is 4.78. The van der Waals surface area contributed by atoms with E-state index in [1.54, 1.807) is 0 Å². The van der Waals surface area contributed by atoms with Gasteiger partial charge in [-0.3, -0.25) is 0 Å². The van der Waals surface area contributed by atoms with Gasteiger partial charge in [-0.2, -0.15) is 0 Å². The van der Waals surface area contributed by atoms with E-state index in [9.17, 15) is 8.42 Å². The summed E-state index contributed by atoms with van der Waals surface area (Å²) in [5.41, 5.74) is 0.0332. The summed E-state index contributed by atoms with van der Waals surface area (Å²) in [5, 5.41) is 0.799. The Bertz CT molecular complexity index is 283. The minimum Gasteiger partial charge on any atom is -0.214 e. The molecule has 14 heavy (non-hydrogen) atoms. The van der Waals surface area contributed by atoms with Gasteiger partial charge in [0, 0.05) is 11.9 Å². The van der Waals surface area contributed by atoms with Crippen LogP contribution in [0.1, 0.15) is 33.1 Å². The maximum atomic E-state index is 11.5. The van der Waals surface area contributed by atoms with E-state index in [1.165, 1.54) is 0 Å². The summed E-state index contributed by atoms with van der Waals surface area (Å²) in [6, 6.07) is 0. The molecule has 0 spiro atoms. The maximum Gasteiger partial charge on any atom is 0.214 e. The molecule has 0 aromatic carbocycles. The van der Waals surface area contributed by atoms with Crippen LogP contribution in [0.25, 0.3) is 0 Å². The van der Waals surface area contributed by atoms with Gasteiger partial charge in [-0.15, -0.1) is 0 Å². The van der Waals surface area contributed by atoms with Gasteiger partial charge in [0.2, 0.25) is 10.0 Å². The normalized spacial score (nSPS) is 18.5. The van der Waals surface area contributed by atoms with Crippen LogP contribution in [0.4, 0.5) is 0 Å². The van der Waals surface area contributed by atoms with Crippen molar-refractivity contribution in [2.45, 2.75) is 38.4 Å². The molecule has 1 aliphatic rings. The van der Waals surface area contributed by atoms with Crippen molar-refractivity contribution >= 4 is 26.0 Å². The second-order valence-electron chi connectivity index (χ2n) is 4.67. The van der Waals surface area contributed by atoms with Crippen LogP contribution in [-0.2, 0) is 10.0 Å². The smallest absolute Gasteiger partial charge is 0.214 e. The summed E-state index contributed by atoms with van der Waals surface area (Å²) in [6.07, 6.45) is 2.63. The second-order valence-corrected chi connectivity index (χ2v) is 7.51. The van der Waals surface area contributed by atoms with Crippen molar-refractivity contribution in [1.82, 2.24) is 4.72 Å². The molecule has 0 atom stereocenters. The van der Waals surface area contributed by atoms with Crippen molar-refractivity contribution in [3.63, 3.8) is 0 Å². The molecule has 0 unspecified atom stereocenters. The van der Waals surface area contributed by atoms with E-state index in [4.69, 9.17) is 0 Å². The molecule has 1 aliphatic carbocycles. The van der Waals surface area contributed by atoms with E-state index in [0.717, 1.165) is 24.6 Å². The molecule has 0 heterocycles. The highest BCUT2D eigenvalue weighted by Crippen LogP contribution is 2.28. The monoisotopic (exact) mass is 283 g/mol. The molecule has 5 heteroatoms. The fraction of sp³-hybridized carbons (Fsp3) is 1.00. The SMILES string of the molecule is CC(C)(CCBr)CNS(=O)(=O)C1CC1. The Morgan fingerprint density at radius 1 is 1.43 bits per heavy atom. The topological polar surface area (TPSA) is 46.2 Å². The van der Waals surface area contributed by atoms with Gasteiger partial charge >= 0.3 is 0 Å². The lowest BCUT2D eigenvalue weighted by Crippen LogP contribution is -2.36. The van der Waals surface area contributed by atoms with Gasteiger partial charge < -0.3 is 0 Å². The standard InChI is InChI=1S/C9H18BrNO2S/c1-9(2,5-6-10)7-11-14(12,13)8-3-4-8/h8,11H,3-7H2,1-2H3. The van der Waals surface area contributed by atoms with Crippen molar-refractivity contribution < 1.29 is 8.42 Å². The molecule has 1 N–H and O–H groups in total. The second kappa shape index (κ2) is 4.49. The Kier molecular flexibility index (Phi) is 4.00. The predicted molar refractivity (Wildman–Crippen MR) is 62.1 cm³/mol. The van der Waals surface area contributed by atoms with Crippen molar-refractivity contribution in [3.8, 4) is 0 Å². The molecule has 0 aromatic rings. The molecule has 84 valence electrons. The highest BCUT2D eigenvalue weighted by atomic mass is 79.9. The average Bonchev–Trinajstić information content (AvgIpc) is 2.83. The van der Waals surface area contributed by atoms with E-state index in [0.29, 0.717) is 6.54 Å². The van der Waals surface area contributed by atoms with E-state index < -0.39 is 10.0 Å². The van der Waals surface area contributed by atoms with Crippen molar-refractivity contribution in [3.05, 3.63) is 0 Å². The maximum absolute atomic E-state index is 11.5. The van der Waals surface area contributed by atoms with E-state index in [2.05, 4.69) is 34.5 Å².